The van der Waals surface area contributed by atoms with Gasteiger partial charge in [0.15, 0.2) is 30.6 Å². The summed E-state index contributed by atoms with van der Waals surface area (Å²) >= 11 is 0. The predicted molar refractivity (Wildman–Crippen MR) is 346 cm³/mol. The molecule has 9 nitrogen and oxygen atoms in total. The van der Waals surface area contributed by atoms with Crippen LogP contribution in [0.5, 0.6) is 0 Å². The standard InChI is InChI=1S/C16H22F6O2.C16H25F3O2.C15H23F3O2.3C4H9F3OSi.6CH4/c17-15(18,19)14(16(20,21)22,24-13-3-1-2-6-23-13)9-12-8-10-4-5-11(12)7-10;1-15(16(17,18)19,21-14-4-2-3-7-20-14)10-13-9-11-5-6-12(13)8-11;16-15(17,18)13(20-14-3-1-2-6-19-14)9-12-8-10-4-5-11(12)7-10;3*1-8-9(2,3)4(5,6)7;;;;;;/h10-13H,1-9H2;11-14H,2-10H2,1H3;10-14H,1-9H2;3*1-3H3;6*1H4. The van der Waals surface area contributed by atoms with Gasteiger partial charge in [0.05, 0.1) is 0 Å². The van der Waals surface area contributed by atoms with E-state index in [0.717, 1.165) is 144 Å². The smallest absolute Gasteiger partial charge is 0.411 e. The molecule has 6 aliphatic carbocycles. The first-order chi connectivity index (χ1) is 41.9. The van der Waals surface area contributed by atoms with Gasteiger partial charge >= 0.3 is 67.1 Å². The van der Waals surface area contributed by atoms with Gasteiger partial charge in [-0.15, -0.1) is 0 Å². The van der Waals surface area contributed by atoms with Crippen molar-refractivity contribution in [3.8, 4) is 0 Å². The van der Waals surface area contributed by atoms with Crippen molar-refractivity contribution < 1.29 is 134 Å². The van der Waals surface area contributed by atoms with Gasteiger partial charge < -0.3 is 41.7 Å². The molecular weight excluding hydrogens is 1410 g/mol. The first-order valence-electron chi connectivity index (χ1n) is 31.9. The number of alkyl halides is 21. The Bertz CT molecular complexity index is 2070. The van der Waals surface area contributed by atoms with Crippen molar-refractivity contribution in [2.24, 2.45) is 53.3 Å². The van der Waals surface area contributed by atoms with E-state index >= 15 is 0 Å². The highest BCUT2D eigenvalue weighted by atomic mass is 28.4. The van der Waals surface area contributed by atoms with Crippen molar-refractivity contribution in [3.05, 3.63) is 0 Å². The molecule has 594 valence electrons. The van der Waals surface area contributed by atoms with Gasteiger partial charge in [0.1, 0.15) is 0 Å². The minimum Gasteiger partial charge on any atom is -0.411 e. The second-order valence-electron chi connectivity index (χ2n) is 27.9. The number of rotatable bonds is 15. The van der Waals surface area contributed by atoms with Crippen LogP contribution in [0.15, 0.2) is 0 Å². The zero-order valence-corrected chi connectivity index (χ0v) is 57.2. The maximum atomic E-state index is 13.6. The summed E-state index contributed by atoms with van der Waals surface area (Å²) in [4.78, 5) is 0. The second kappa shape index (κ2) is 40.5. The van der Waals surface area contributed by atoms with E-state index < -0.39 is 116 Å². The minimum absolute atomic E-state index is 0. The van der Waals surface area contributed by atoms with Crippen LogP contribution in [0, 0.1) is 53.3 Å². The molecule has 6 saturated carbocycles. The summed E-state index contributed by atoms with van der Waals surface area (Å²) in [6, 6.07) is 0. The maximum Gasteiger partial charge on any atom is 0.426 e. The summed E-state index contributed by atoms with van der Waals surface area (Å²) in [5, 5.41) is 0. The van der Waals surface area contributed by atoms with E-state index in [0.29, 0.717) is 69.0 Å². The quantitative estimate of drug-likeness (QED) is 0.118. The summed E-state index contributed by atoms with van der Waals surface area (Å²) in [5.41, 5.74) is -6.19. The third-order valence-corrected chi connectivity index (χ3v) is 27.4. The van der Waals surface area contributed by atoms with E-state index in [-0.39, 0.29) is 94.1 Å². The molecule has 0 aromatic heterocycles. The zero-order chi connectivity index (χ0) is 70.0. The Hall–Kier alpha value is -1.18. The Balaban J connectivity index is -0.00000114. The van der Waals surface area contributed by atoms with Gasteiger partial charge in [-0.3, -0.25) is 0 Å². The highest BCUT2D eigenvalue weighted by Gasteiger charge is 2.74. The van der Waals surface area contributed by atoms with Gasteiger partial charge in [-0.1, -0.05) is 63.8 Å². The van der Waals surface area contributed by atoms with Crippen LogP contribution >= 0.6 is 0 Å². The molecule has 3 aliphatic heterocycles. The third kappa shape index (κ3) is 28.6. The summed E-state index contributed by atoms with van der Waals surface area (Å²) < 4.78 is 312. The first-order valence-corrected chi connectivity index (χ1v) is 40.7. The molecule has 3 saturated heterocycles. The molecule has 14 unspecified atom stereocenters. The van der Waals surface area contributed by atoms with Crippen molar-refractivity contribution in [2.45, 2.75) is 323 Å². The van der Waals surface area contributed by atoms with E-state index in [1.165, 1.54) is 19.8 Å². The molecule has 33 heteroatoms. The van der Waals surface area contributed by atoms with Crippen LogP contribution < -0.4 is 0 Å². The fraction of sp³-hybridized carbons (Fsp3) is 1.00. The van der Waals surface area contributed by atoms with Crippen molar-refractivity contribution in [1.29, 1.82) is 0 Å². The monoisotopic (exact) mass is 1530 g/mol. The zero-order valence-electron chi connectivity index (χ0n) is 54.2. The maximum absolute atomic E-state index is 13.6. The molecule has 98 heavy (non-hydrogen) atoms. The van der Waals surface area contributed by atoms with Gasteiger partial charge in [0.25, 0.3) is 5.60 Å². The van der Waals surface area contributed by atoms with Crippen molar-refractivity contribution in [1.82, 2.24) is 0 Å². The van der Waals surface area contributed by atoms with Gasteiger partial charge in [-0.2, -0.15) is 92.2 Å². The van der Waals surface area contributed by atoms with Crippen molar-refractivity contribution in [2.75, 3.05) is 41.2 Å². The van der Waals surface area contributed by atoms with E-state index in [2.05, 4.69) is 13.3 Å². The van der Waals surface area contributed by atoms with Gasteiger partial charge in [0.2, 0.25) is 0 Å². The van der Waals surface area contributed by atoms with Crippen LogP contribution in [0.2, 0.25) is 39.3 Å². The van der Waals surface area contributed by atoms with Crippen LogP contribution in [-0.2, 0) is 41.7 Å². The van der Waals surface area contributed by atoms with Crippen LogP contribution in [0.25, 0.3) is 0 Å². The lowest BCUT2D eigenvalue weighted by Gasteiger charge is -2.42. The molecular formula is C65H121F21O9Si3. The van der Waals surface area contributed by atoms with Crippen LogP contribution in [0.4, 0.5) is 92.2 Å². The van der Waals surface area contributed by atoms with E-state index in [1.54, 1.807) is 0 Å². The van der Waals surface area contributed by atoms with E-state index in [1.807, 2.05) is 0 Å². The number of hydrogen-bond donors (Lipinski definition) is 0. The number of fused-ring (bicyclic) bond motifs is 6. The third-order valence-electron chi connectivity index (χ3n) is 20.3. The largest absolute Gasteiger partial charge is 0.426 e. The Morgan fingerprint density at radius 2 is 0.673 bits per heavy atom. The second-order valence-corrected chi connectivity index (χ2v) is 39.9. The summed E-state index contributed by atoms with van der Waals surface area (Å²) in [6.45, 7) is 9.08. The Morgan fingerprint density at radius 1 is 0.367 bits per heavy atom. The molecule has 9 fully saturated rings. The SMILES string of the molecule is C.C.C.C.C.C.CC(CC1CC2CCC1C2)(OC1CCCCO1)C(F)(F)F.CO[Si](C)(C)C(F)(F)F.CO[Si](C)(C)C(F)(F)F.CO[Si](C)(C)C(F)(F)F.FC(F)(F)C(CC1CC2CCC1C2)(OC1CCCCO1)C(F)(F)F.FC(F)(F)C(CC1CC2CCC1C2)OC1CCCCO1. The normalized spacial score (nSPS) is 28.8. The molecule has 14 atom stereocenters. The van der Waals surface area contributed by atoms with Crippen molar-refractivity contribution in [3.63, 3.8) is 0 Å². The fourth-order valence-corrected chi connectivity index (χ4v) is 14.3. The molecule has 9 rings (SSSR count). The van der Waals surface area contributed by atoms with Crippen LogP contribution in [0.3, 0.4) is 0 Å². The molecule has 0 radical (unpaired) electrons. The summed E-state index contributed by atoms with van der Waals surface area (Å²) in [7, 11) is -6.85. The topological polar surface area (TPSA) is 83.1 Å². The van der Waals surface area contributed by atoms with E-state index in [9.17, 15) is 92.2 Å². The summed E-state index contributed by atoms with van der Waals surface area (Å²) in [5.74, 6) is -10.1. The highest BCUT2D eigenvalue weighted by molar-refractivity contribution is 6.73. The fourth-order valence-electron chi connectivity index (χ4n) is 13.6. The van der Waals surface area contributed by atoms with E-state index in [4.69, 9.17) is 28.4 Å². The van der Waals surface area contributed by atoms with Crippen molar-refractivity contribution >= 4 is 25.0 Å². The molecule has 3 heterocycles. The molecule has 0 N–H and O–H groups in total. The number of halogens is 21. The lowest BCUT2D eigenvalue weighted by molar-refractivity contribution is -0.416. The van der Waals surface area contributed by atoms with Gasteiger partial charge in [0, 0.05) is 41.2 Å². The molecule has 9 aliphatic rings. The Kier molecular flexibility index (Phi) is 41.8. The predicted octanol–water partition coefficient (Wildman–Crippen LogP) is 23.8. The molecule has 0 aromatic carbocycles. The molecule has 6 bridgehead atoms. The van der Waals surface area contributed by atoms with Gasteiger partial charge in [-0.25, -0.2) is 0 Å². The Morgan fingerprint density at radius 3 is 0.908 bits per heavy atom. The number of hydrogen-bond acceptors (Lipinski definition) is 9. The summed E-state index contributed by atoms with van der Waals surface area (Å²) in [6.07, 6.45) is -7.33. The lowest BCUT2D eigenvalue weighted by atomic mass is 9.79. The average Bonchev–Trinajstić information content (AvgIpc) is 1.12. The Labute approximate surface area is 574 Å². The molecule has 0 aromatic rings. The average molecular weight is 1530 g/mol. The first kappa shape index (κ1) is 101. The minimum atomic E-state index is -5.52. The van der Waals surface area contributed by atoms with Crippen LogP contribution in [0.1, 0.15) is 206 Å². The van der Waals surface area contributed by atoms with Gasteiger partial charge in [-0.05, 0) is 234 Å². The highest BCUT2D eigenvalue weighted by Crippen LogP contribution is 2.58. The lowest BCUT2D eigenvalue weighted by Crippen LogP contribution is -2.61. The van der Waals surface area contributed by atoms with Crippen LogP contribution in [-0.4, -0.2) is 144 Å². The molecule has 0 amide bonds. The molecule has 0 spiro atoms. The number of ether oxygens (including phenoxy) is 6.